The normalized spacial score (nSPS) is 12.8. The summed E-state index contributed by atoms with van der Waals surface area (Å²) in [5, 5.41) is 3.12. The van der Waals surface area contributed by atoms with Crippen molar-refractivity contribution in [3.63, 3.8) is 0 Å². The van der Waals surface area contributed by atoms with Gasteiger partial charge in [-0.1, -0.05) is 0 Å². The van der Waals surface area contributed by atoms with Crippen LogP contribution >= 0.6 is 11.8 Å². The van der Waals surface area contributed by atoms with E-state index in [-0.39, 0.29) is 11.9 Å². The summed E-state index contributed by atoms with van der Waals surface area (Å²) >= 11 is 1.72. The van der Waals surface area contributed by atoms with Gasteiger partial charge >= 0.3 is 0 Å². The molecule has 2 nitrogen and oxygen atoms in total. The van der Waals surface area contributed by atoms with Crippen molar-refractivity contribution in [1.82, 2.24) is 10.3 Å². The van der Waals surface area contributed by atoms with Crippen LogP contribution in [0.2, 0.25) is 0 Å². The maximum absolute atomic E-state index is 12.8. The van der Waals surface area contributed by atoms with E-state index in [0.717, 1.165) is 11.3 Å². The van der Waals surface area contributed by atoms with Crippen LogP contribution in [0.15, 0.2) is 18.5 Å². The molecule has 0 saturated heterocycles. The smallest absolute Gasteiger partial charge is 0.141 e. The number of halogens is 1. The summed E-state index contributed by atoms with van der Waals surface area (Å²) in [4.78, 5) is 3.81. The third-order valence-corrected chi connectivity index (χ3v) is 2.48. The van der Waals surface area contributed by atoms with Gasteiger partial charge in [-0.05, 0) is 24.9 Å². The topological polar surface area (TPSA) is 24.9 Å². The Morgan fingerprint density at radius 2 is 2.38 bits per heavy atom. The number of nitrogens with zero attached hydrogens (tertiary/aromatic N) is 1. The third-order valence-electron chi connectivity index (χ3n) is 1.81. The molecular weight excluding hydrogens is 187 g/mol. The highest BCUT2D eigenvalue weighted by Gasteiger charge is 2.08. The highest BCUT2D eigenvalue weighted by Crippen LogP contribution is 2.16. The zero-order chi connectivity index (χ0) is 9.68. The van der Waals surface area contributed by atoms with Gasteiger partial charge in [0.05, 0.1) is 6.20 Å². The Morgan fingerprint density at radius 1 is 1.62 bits per heavy atom. The van der Waals surface area contributed by atoms with Gasteiger partial charge in [0.1, 0.15) is 5.82 Å². The van der Waals surface area contributed by atoms with Crippen molar-refractivity contribution >= 4 is 11.8 Å². The molecule has 4 heteroatoms. The molecule has 0 saturated carbocycles. The van der Waals surface area contributed by atoms with Crippen molar-refractivity contribution in [2.75, 3.05) is 19.1 Å². The molecule has 0 aromatic carbocycles. The molecule has 0 bridgehead atoms. The van der Waals surface area contributed by atoms with Crippen molar-refractivity contribution in [2.24, 2.45) is 0 Å². The Balaban J connectivity index is 2.78. The molecule has 1 N–H and O–H groups in total. The predicted molar refractivity (Wildman–Crippen MR) is 54.4 cm³/mol. The number of rotatable bonds is 4. The van der Waals surface area contributed by atoms with Crippen molar-refractivity contribution in [1.29, 1.82) is 0 Å². The molecule has 1 heterocycles. The molecule has 0 radical (unpaired) electrons. The fraction of sp³-hybridized carbons (Fsp3) is 0.444. The Bertz CT molecular complexity index is 268. The first kappa shape index (κ1) is 10.5. The average Bonchev–Trinajstić information content (AvgIpc) is 2.14. The summed E-state index contributed by atoms with van der Waals surface area (Å²) in [5.41, 5.74) is 0.900. The van der Waals surface area contributed by atoms with Crippen molar-refractivity contribution in [2.45, 2.75) is 6.04 Å². The molecule has 0 fully saturated rings. The van der Waals surface area contributed by atoms with E-state index < -0.39 is 0 Å². The van der Waals surface area contributed by atoms with Gasteiger partial charge in [-0.15, -0.1) is 0 Å². The quantitative estimate of drug-likeness (QED) is 0.803. The monoisotopic (exact) mass is 200 g/mol. The fourth-order valence-electron chi connectivity index (χ4n) is 1.13. The van der Waals surface area contributed by atoms with E-state index >= 15 is 0 Å². The van der Waals surface area contributed by atoms with Gasteiger partial charge < -0.3 is 5.32 Å². The van der Waals surface area contributed by atoms with E-state index in [4.69, 9.17) is 0 Å². The van der Waals surface area contributed by atoms with Crippen LogP contribution in [-0.2, 0) is 0 Å². The summed E-state index contributed by atoms with van der Waals surface area (Å²) in [7, 11) is 1.87. The van der Waals surface area contributed by atoms with Gasteiger partial charge in [-0.25, -0.2) is 4.39 Å². The molecule has 0 aliphatic carbocycles. The first-order chi connectivity index (χ1) is 6.27. The lowest BCUT2D eigenvalue weighted by molar-refractivity contribution is 0.603. The maximum Gasteiger partial charge on any atom is 0.141 e. The standard InChI is InChI=1S/C9H13FN2S/c1-11-9(6-13-2)7-3-8(10)5-12-4-7/h3-5,9,11H,6H2,1-2H3. The van der Waals surface area contributed by atoms with Crippen LogP contribution in [0.5, 0.6) is 0 Å². The molecule has 0 aliphatic rings. The molecule has 1 unspecified atom stereocenters. The van der Waals surface area contributed by atoms with E-state index in [9.17, 15) is 4.39 Å². The van der Waals surface area contributed by atoms with Gasteiger partial charge in [0.15, 0.2) is 0 Å². The van der Waals surface area contributed by atoms with Crippen LogP contribution in [0.25, 0.3) is 0 Å². The van der Waals surface area contributed by atoms with E-state index in [0.29, 0.717) is 0 Å². The predicted octanol–water partition coefficient (Wildman–Crippen LogP) is 1.84. The second-order valence-electron chi connectivity index (χ2n) is 2.73. The minimum Gasteiger partial charge on any atom is -0.312 e. The average molecular weight is 200 g/mol. The largest absolute Gasteiger partial charge is 0.312 e. The van der Waals surface area contributed by atoms with Crippen LogP contribution < -0.4 is 5.32 Å². The summed E-state index contributed by atoms with van der Waals surface area (Å²) in [6.45, 7) is 0. The van der Waals surface area contributed by atoms with E-state index in [1.165, 1.54) is 12.3 Å². The number of aromatic nitrogens is 1. The van der Waals surface area contributed by atoms with E-state index in [1.807, 2.05) is 13.3 Å². The molecule has 0 amide bonds. The highest BCUT2D eigenvalue weighted by molar-refractivity contribution is 7.98. The van der Waals surface area contributed by atoms with Gasteiger partial charge in [-0.3, -0.25) is 4.98 Å². The van der Waals surface area contributed by atoms with Crippen molar-refractivity contribution in [3.05, 3.63) is 29.8 Å². The highest BCUT2D eigenvalue weighted by atomic mass is 32.2. The van der Waals surface area contributed by atoms with Crippen LogP contribution in [-0.4, -0.2) is 24.0 Å². The molecule has 0 aliphatic heterocycles. The Hall–Kier alpha value is -0.610. The number of thioether (sulfide) groups is 1. The SMILES string of the molecule is CNC(CSC)c1cncc(F)c1. The zero-order valence-corrected chi connectivity index (χ0v) is 8.57. The Kier molecular flexibility index (Phi) is 4.18. The lowest BCUT2D eigenvalue weighted by atomic mass is 10.1. The lowest BCUT2D eigenvalue weighted by Gasteiger charge is -2.14. The summed E-state index contributed by atoms with van der Waals surface area (Å²) in [5.74, 6) is 0.639. The van der Waals surface area contributed by atoms with E-state index in [2.05, 4.69) is 10.3 Å². The molecule has 13 heavy (non-hydrogen) atoms. The first-order valence-electron chi connectivity index (χ1n) is 4.04. The molecule has 1 aromatic rings. The molecule has 0 spiro atoms. The second-order valence-corrected chi connectivity index (χ2v) is 3.64. The number of nitrogens with one attached hydrogen (secondary N) is 1. The minimum atomic E-state index is -0.279. The van der Waals surface area contributed by atoms with Crippen LogP contribution in [0.3, 0.4) is 0 Å². The minimum absolute atomic E-state index is 0.179. The number of hydrogen-bond donors (Lipinski definition) is 1. The lowest BCUT2D eigenvalue weighted by Crippen LogP contribution is -2.18. The fourth-order valence-corrected chi connectivity index (χ4v) is 1.82. The number of hydrogen-bond acceptors (Lipinski definition) is 3. The Labute approximate surface area is 81.9 Å². The Morgan fingerprint density at radius 3 is 2.92 bits per heavy atom. The molecule has 1 aromatic heterocycles. The second kappa shape index (κ2) is 5.19. The van der Waals surface area contributed by atoms with Gasteiger partial charge in [0.25, 0.3) is 0 Å². The van der Waals surface area contributed by atoms with Crippen LogP contribution in [0.4, 0.5) is 4.39 Å². The number of pyridine rings is 1. The van der Waals surface area contributed by atoms with Crippen LogP contribution in [0, 0.1) is 5.82 Å². The van der Waals surface area contributed by atoms with E-state index in [1.54, 1.807) is 18.0 Å². The molecular formula is C9H13FN2S. The van der Waals surface area contributed by atoms with Crippen molar-refractivity contribution < 1.29 is 4.39 Å². The van der Waals surface area contributed by atoms with Crippen molar-refractivity contribution in [3.8, 4) is 0 Å². The van der Waals surface area contributed by atoms with Gasteiger partial charge in [-0.2, -0.15) is 11.8 Å². The maximum atomic E-state index is 12.8. The van der Waals surface area contributed by atoms with Crippen LogP contribution in [0.1, 0.15) is 11.6 Å². The van der Waals surface area contributed by atoms with Gasteiger partial charge in [0, 0.05) is 18.0 Å². The molecule has 1 rings (SSSR count). The summed E-state index contributed by atoms with van der Waals surface area (Å²) < 4.78 is 12.8. The summed E-state index contributed by atoms with van der Waals surface area (Å²) in [6.07, 6.45) is 4.94. The molecule has 72 valence electrons. The molecule has 1 atom stereocenters. The first-order valence-corrected chi connectivity index (χ1v) is 5.44. The van der Waals surface area contributed by atoms with Gasteiger partial charge in [0.2, 0.25) is 0 Å². The zero-order valence-electron chi connectivity index (χ0n) is 7.75. The summed E-state index contributed by atoms with van der Waals surface area (Å²) in [6, 6.07) is 1.70. The third kappa shape index (κ3) is 2.97.